The Balaban J connectivity index is 1.88. The first-order chi connectivity index (χ1) is 8.22. The molecular weight excluding hydrogens is 224 g/mol. The highest BCUT2D eigenvalue weighted by atomic mass is 16.6. The average molecular weight is 240 g/mol. The first-order valence-electron chi connectivity index (χ1n) is 5.49. The number of hydrogen-bond donors (Lipinski definition) is 4. The number of rotatable bonds is 4. The van der Waals surface area contributed by atoms with Crippen molar-refractivity contribution < 1.29 is 20.1 Å². The Hall–Kier alpha value is -1.21. The van der Waals surface area contributed by atoms with E-state index in [4.69, 9.17) is 9.84 Å². The second-order valence-corrected chi connectivity index (χ2v) is 3.97. The molecule has 6 nitrogen and oxygen atoms in total. The minimum atomic E-state index is -1.05. The van der Waals surface area contributed by atoms with Gasteiger partial charge in [0.2, 0.25) is 0 Å². The number of anilines is 1. The van der Waals surface area contributed by atoms with Crippen LogP contribution in [0.1, 0.15) is 0 Å². The molecule has 0 radical (unpaired) electrons. The summed E-state index contributed by atoms with van der Waals surface area (Å²) in [6.07, 6.45) is -1.66. The summed E-state index contributed by atoms with van der Waals surface area (Å²) < 4.78 is 5.32. The molecule has 2 heterocycles. The van der Waals surface area contributed by atoms with Gasteiger partial charge >= 0.3 is 0 Å². The Morgan fingerprint density at radius 3 is 2.59 bits per heavy atom. The lowest BCUT2D eigenvalue weighted by Gasteiger charge is -2.15. The van der Waals surface area contributed by atoms with Gasteiger partial charge in [-0.15, -0.1) is 0 Å². The molecule has 94 valence electrons. The molecule has 1 fully saturated rings. The molecule has 0 bridgehead atoms. The van der Waals surface area contributed by atoms with Crippen LogP contribution in [0.5, 0.6) is 0 Å². The average Bonchev–Trinajstić information content (AvgIpc) is 2.65. The summed E-state index contributed by atoms with van der Waals surface area (Å²) in [5, 5.41) is 31.2. The molecule has 1 aliphatic heterocycles. The van der Waals surface area contributed by atoms with Gasteiger partial charge in [-0.25, -0.2) is 4.98 Å². The molecule has 4 N–H and O–H groups in total. The van der Waals surface area contributed by atoms with E-state index in [9.17, 15) is 10.2 Å². The first-order valence-corrected chi connectivity index (χ1v) is 5.49. The summed E-state index contributed by atoms with van der Waals surface area (Å²) in [5.74, 6) is 0.672. The Bertz CT molecular complexity index is 349. The van der Waals surface area contributed by atoms with Gasteiger partial charge < -0.3 is 25.4 Å². The van der Waals surface area contributed by atoms with Crippen molar-refractivity contribution in [1.82, 2.24) is 4.98 Å². The van der Waals surface area contributed by atoms with Crippen molar-refractivity contribution in [1.29, 1.82) is 0 Å². The fourth-order valence-electron chi connectivity index (χ4n) is 1.82. The van der Waals surface area contributed by atoms with Crippen LogP contribution in [0, 0.1) is 0 Å². The van der Waals surface area contributed by atoms with E-state index in [1.807, 2.05) is 6.07 Å². The maximum absolute atomic E-state index is 9.69. The second-order valence-electron chi connectivity index (χ2n) is 3.97. The minimum absolute atomic E-state index is 0.307. The summed E-state index contributed by atoms with van der Waals surface area (Å²) in [5.41, 5.74) is 0. The molecule has 0 spiro atoms. The van der Waals surface area contributed by atoms with E-state index in [2.05, 4.69) is 10.3 Å². The highest BCUT2D eigenvalue weighted by molar-refractivity contribution is 5.33. The highest BCUT2D eigenvalue weighted by Crippen LogP contribution is 2.21. The molecule has 17 heavy (non-hydrogen) atoms. The van der Waals surface area contributed by atoms with Crippen molar-refractivity contribution in [2.75, 3.05) is 18.5 Å². The number of aliphatic hydroxyl groups is 3. The van der Waals surface area contributed by atoms with Gasteiger partial charge in [-0.2, -0.15) is 0 Å². The molecule has 1 saturated heterocycles. The molecule has 0 saturated carbocycles. The van der Waals surface area contributed by atoms with Crippen LogP contribution in [0.15, 0.2) is 24.4 Å². The third kappa shape index (κ3) is 2.73. The summed E-state index contributed by atoms with van der Waals surface area (Å²) >= 11 is 0. The first kappa shape index (κ1) is 12.3. The van der Waals surface area contributed by atoms with Crippen molar-refractivity contribution in [2.45, 2.75) is 24.4 Å². The van der Waals surface area contributed by atoms with E-state index in [-0.39, 0.29) is 6.61 Å². The SMILES string of the molecule is OC[C@H]1O[C@H](CNc2ccccn2)[C@@H](O)[C@@H]1O. The molecule has 1 aromatic heterocycles. The standard InChI is InChI=1S/C11H16N2O4/c14-6-8-11(16)10(15)7(17-8)5-13-9-3-1-2-4-12-9/h1-4,7-8,10-11,14-16H,5-6H2,(H,12,13)/t7-,8-,10-,11-/m1/s1. The van der Waals surface area contributed by atoms with Crippen molar-refractivity contribution >= 4 is 5.82 Å². The lowest BCUT2D eigenvalue weighted by Crippen LogP contribution is -2.36. The van der Waals surface area contributed by atoms with Gasteiger partial charge in [0.25, 0.3) is 0 Å². The predicted molar refractivity (Wildman–Crippen MR) is 60.5 cm³/mol. The zero-order valence-corrected chi connectivity index (χ0v) is 9.23. The summed E-state index contributed by atoms with van der Waals surface area (Å²) in [7, 11) is 0. The van der Waals surface area contributed by atoms with Crippen LogP contribution in [0.3, 0.4) is 0 Å². The van der Waals surface area contributed by atoms with Crippen molar-refractivity contribution in [3.05, 3.63) is 24.4 Å². The second kappa shape index (κ2) is 5.42. The van der Waals surface area contributed by atoms with E-state index in [0.717, 1.165) is 0 Å². The van der Waals surface area contributed by atoms with Gasteiger partial charge in [-0.3, -0.25) is 0 Å². The third-order valence-corrected chi connectivity index (χ3v) is 2.79. The van der Waals surface area contributed by atoms with E-state index in [1.54, 1.807) is 18.3 Å². The van der Waals surface area contributed by atoms with Crippen molar-refractivity contribution in [2.24, 2.45) is 0 Å². The summed E-state index contributed by atoms with van der Waals surface area (Å²) in [4.78, 5) is 4.06. The molecule has 1 aromatic rings. The topological polar surface area (TPSA) is 94.8 Å². The van der Waals surface area contributed by atoms with Crippen LogP contribution in [0.4, 0.5) is 5.82 Å². The maximum Gasteiger partial charge on any atom is 0.125 e. The van der Waals surface area contributed by atoms with Gasteiger partial charge in [-0.05, 0) is 12.1 Å². The minimum Gasteiger partial charge on any atom is -0.394 e. The maximum atomic E-state index is 9.69. The Kier molecular flexibility index (Phi) is 3.90. The zero-order valence-electron chi connectivity index (χ0n) is 9.23. The van der Waals surface area contributed by atoms with Crippen LogP contribution in [-0.2, 0) is 4.74 Å². The van der Waals surface area contributed by atoms with Crippen LogP contribution < -0.4 is 5.32 Å². The van der Waals surface area contributed by atoms with E-state index < -0.39 is 24.4 Å². The summed E-state index contributed by atoms with van der Waals surface area (Å²) in [6, 6.07) is 5.44. The summed E-state index contributed by atoms with van der Waals surface area (Å²) in [6.45, 7) is 0.0179. The quantitative estimate of drug-likeness (QED) is 0.538. The molecule has 6 heteroatoms. The molecule has 1 aliphatic rings. The van der Waals surface area contributed by atoms with Crippen molar-refractivity contribution in [3.8, 4) is 0 Å². The van der Waals surface area contributed by atoms with E-state index in [0.29, 0.717) is 12.4 Å². The number of nitrogens with one attached hydrogen (secondary N) is 1. The van der Waals surface area contributed by atoms with Crippen LogP contribution >= 0.6 is 0 Å². The normalized spacial score (nSPS) is 32.6. The smallest absolute Gasteiger partial charge is 0.125 e. The van der Waals surface area contributed by atoms with Gasteiger partial charge in [0.05, 0.1) is 6.61 Å². The lowest BCUT2D eigenvalue weighted by molar-refractivity contribution is -0.0184. The molecule has 2 rings (SSSR count). The van der Waals surface area contributed by atoms with E-state index in [1.165, 1.54) is 0 Å². The molecule has 0 aromatic carbocycles. The molecule has 4 atom stereocenters. The Morgan fingerprint density at radius 1 is 1.24 bits per heavy atom. The van der Waals surface area contributed by atoms with Gasteiger partial charge in [-0.1, -0.05) is 6.07 Å². The largest absolute Gasteiger partial charge is 0.394 e. The molecule has 0 unspecified atom stereocenters. The number of hydrogen-bond acceptors (Lipinski definition) is 6. The van der Waals surface area contributed by atoms with Crippen LogP contribution in [0.2, 0.25) is 0 Å². The lowest BCUT2D eigenvalue weighted by atomic mass is 10.1. The Morgan fingerprint density at radius 2 is 2.00 bits per heavy atom. The van der Waals surface area contributed by atoms with E-state index >= 15 is 0 Å². The highest BCUT2D eigenvalue weighted by Gasteiger charge is 2.41. The number of pyridine rings is 1. The van der Waals surface area contributed by atoms with Gasteiger partial charge in [0, 0.05) is 12.7 Å². The van der Waals surface area contributed by atoms with Gasteiger partial charge in [0.1, 0.15) is 30.2 Å². The van der Waals surface area contributed by atoms with Gasteiger partial charge in [0.15, 0.2) is 0 Å². The van der Waals surface area contributed by atoms with Crippen LogP contribution in [0.25, 0.3) is 0 Å². The third-order valence-electron chi connectivity index (χ3n) is 2.79. The fraction of sp³-hybridized carbons (Fsp3) is 0.545. The zero-order chi connectivity index (χ0) is 12.3. The monoisotopic (exact) mass is 240 g/mol. The molecule has 0 amide bonds. The van der Waals surface area contributed by atoms with Crippen molar-refractivity contribution in [3.63, 3.8) is 0 Å². The number of aliphatic hydroxyl groups excluding tert-OH is 3. The Labute approximate surface area is 98.9 Å². The predicted octanol–water partition coefficient (Wildman–Crippen LogP) is -1.03. The molecular formula is C11H16N2O4. The number of nitrogens with zero attached hydrogens (tertiary/aromatic N) is 1. The number of aromatic nitrogens is 1. The van der Waals surface area contributed by atoms with Crippen LogP contribution in [-0.4, -0.2) is 57.9 Å². The number of ether oxygens (including phenoxy) is 1. The fourth-order valence-corrected chi connectivity index (χ4v) is 1.82. The molecule has 0 aliphatic carbocycles.